The summed E-state index contributed by atoms with van der Waals surface area (Å²) < 4.78 is 13.4. The predicted molar refractivity (Wildman–Crippen MR) is 128 cm³/mol. The van der Waals surface area contributed by atoms with Crippen LogP contribution in [0.5, 0.6) is 17.4 Å². The SMILES string of the molecule is CCOc1ccc(Oc2c(/C=N/N3C(=O)NC(C)(CC)C3=O)c(C)nn2-c2ccccc2)cc1. The maximum absolute atomic E-state index is 12.7. The van der Waals surface area contributed by atoms with E-state index in [9.17, 15) is 9.59 Å². The van der Waals surface area contributed by atoms with E-state index >= 15 is 0 Å². The molecule has 176 valence electrons. The molecule has 0 spiro atoms. The van der Waals surface area contributed by atoms with Gasteiger partial charge in [0.05, 0.1) is 29.8 Å². The molecule has 1 N–H and O–H groups in total. The number of hydrazone groups is 1. The fraction of sp³-hybridized carbons (Fsp3) is 0.280. The predicted octanol–water partition coefficient (Wildman–Crippen LogP) is 4.43. The molecule has 0 radical (unpaired) electrons. The second kappa shape index (κ2) is 9.38. The van der Waals surface area contributed by atoms with Gasteiger partial charge in [-0.3, -0.25) is 4.79 Å². The van der Waals surface area contributed by atoms with Gasteiger partial charge in [-0.2, -0.15) is 14.9 Å². The molecule has 0 aliphatic carbocycles. The summed E-state index contributed by atoms with van der Waals surface area (Å²) in [6, 6.07) is 16.2. The third kappa shape index (κ3) is 4.36. The Morgan fingerprint density at radius 2 is 1.74 bits per heavy atom. The fourth-order valence-electron chi connectivity index (χ4n) is 3.52. The number of aromatic nitrogens is 2. The van der Waals surface area contributed by atoms with Crippen LogP contribution in [0.3, 0.4) is 0 Å². The summed E-state index contributed by atoms with van der Waals surface area (Å²) >= 11 is 0. The lowest BCUT2D eigenvalue weighted by molar-refractivity contribution is -0.130. The summed E-state index contributed by atoms with van der Waals surface area (Å²) in [6.07, 6.45) is 1.89. The second-order valence-electron chi connectivity index (χ2n) is 8.04. The summed E-state index contributed by atoms with van der Waals surface area (Å²) in [5, 5.41) is 12.4. The lowest BCUT2D eigenvalue weighted by atomic mass is 10.00. The summed E-state index contributed by atoms with van der Waals surface area (Å²) in [6.45, 7) is 7.82. The van der Waals surface area contributed by atoms with E-state index in [2.05, 4.69) is 15.5 Å². The molecule has 2 aromatic carbocycles. The van der Waals surface area contributed by atoms with Crippen LogP contribution in [0.15, 0.2) is 59.7 Å². The van der Waals surface area contributed by atoms with Gasteiger partial charge in [0, 0.05) is 0 Å². The Morgan fingerprint density at radius 3 is 2.35 bits per heavy atom. The monoisotopic (exact) mass is 461 g/mol. The molecule has 2 heterocycles. The van der Waals surface area contributed by atoms with Crippen LogP contribution in [-0.2, 0) is 4.79 Å². The Labute approximate surface area is 198 Å². The molecular weight excluding hydrogens is 434 g/mol. The molecule has 1 saturated heterocycles. The van der Waals surface area contributed by atoms with Crippen LogP contribution >= 0.6 is 0 Å². The van der Waals surface area contributed by atoms with Gasteiger partial charge in [0.1, 0.15) is 17.0 Å². The van der Waals surface area contributed by atoms with Gasteiger partial charge in [0.25, 0.3) is 5.91 Å². The number of carbonyl (C=O) groups excluding carboxylic acids is 2. The Kier molecular flexibility index (Phi) is 6.36. The Balaban J connectivity index is 1.72. The van der Waals surface area contributed by atoms with E-state index in [1.807, 2.05) is 63.2 Å². The number of carbonyl (C=O) groups is 2. The highest BCUT2D eigenvalue weighted by atomic mass is 16.5. The number of benzene rings is 2. The first-order valence-corrected chi connectivity index (χ1v) is 11.1. The number of hydrogen-bond donors (Lipinski definition) is 1. The molecule has 34 heavy (non-hydrogen) atoms. The number of imide groups is 1. The fourth-order valence-corrected chi connectivity index (χ4v) is 3.52. The highest BCUT2D eigenvalue weighted by molar-refractivity contribution is 6.07. The molecule has 9 nitrogen and oxygen atoms in total. The van der Waals surface area contributed by atoms with Crippen molar-refractivity contribution in [1.29, 1.82) is 0 Å². The van der Waals surface area contributed by atoms with E-state index in [1.54, 1.807) is 23.7 Å². The molecule has 0 saturated carbocycles. The first-order valence-electron chi connectivity index (χ1n) is 11.1. The summed E-state index contributed by atoms with van der Waals surface area (Å²) in [4.78, 5) is 25.1. The van der Waals surface area contributed by atoms with Crippen molar-refractivity contribution in [3.63, 3.8) is 0 Å². The zero-order valence-electron chi connectivity index (χ0n) is 19.6. The molecule has 1 unspecified atom stereocenters. The maximum atomic E-state index is 12.7. The highest BCUT2D eigenvalue weighted by Gasteiger charge is 2.47. The number of hydrogen-bond acceptors (Lipinski definition) is 6. The number of amides is 3. The molecule has 9 heteroatoms. The van der Waals surface area contributed by atoms with Gasteiger partial charge in [0.15, 0.2) is 0 Å². The molecule has 1 aliphatic rings. The van der Waals surface area contributed by atoms with E-state index in [0.29, 0.717) is 35.9 Å². The van der Waals surface area contributed by atoms with Crippen molar-refractivity contribution in [2.75, 3.05) is 6.61 Å². The summed E-state index contributed by atoms with van der Waals surface area (Å²) in [7, 11) is 0. The smallest absolute Gasteiger partial charge is 0.346 e. The summed E-state index contributed by atoms with van der Waals surface area (Å²) in [5.74, 6) is 1.31. The van der Waals surface area contributed by atoms with Crippen molar-refractivity contribution in [2.24, 2.45) is 5.10 Å². The first kappa shape index (κ1) is 23.0. The van der Waals surface area contributed by atoms with Gasteiger partial charge in [-0.1, -0.05) is 25.1 Å². The minimum Gasteiger partial charge on any atom is -0.494 e. The molecular formula is C25H27N5O4. The topological polar surface area (TPSA) is 98.1 Å². The number of aryl methyl sites for hydroxylation is 1. The quantitative estimate of drug-likeness (QED) is 0.395. The largest absolute Gasteiger partial charge is 0.494 e. The highest BCUT2D eigenvalue weighted by Crippen LogP contribution is 2.31. The van der Waals surface area contributed by atoms with Crippen molar-refractivity contribution in [1.82, 2.24) is 20.1 Å². The number of rotatable bonds is 8. The van der Waals surface area contributed by atoms with Crippen molar-refractivity contribution in [3.05, 3.63) is 65.9 Å². The van der Waals surface area contributed by atoms with E-state index < -0.39 is 17.5 Å². The van der Waals surface area contributed by atoms with Gasteiger partial charge in [-0.05, 0) is 63.6 Å². The van der Waals surface area contributed by atoms with E-state index in [4.69, 9.17) is 9.47 Å². The maximum Gasteiger partial charge on any atom is 0.346 e. The second-order valence-corrected chi connectivity index (χ2v) is 8.04. The number of urea groups is 1. The number of nitrogens with one attached hydrogen (secondary N) is 1. The minimum absolute atomic E-state index is 0.404. The van der Waals surface area contributed by atoms with Gasteiger partial charge in [-0.25, -0.2) is 4.79 Å². The molecule has 4 rings (SSSR count). The average molecular weight is 462 g/mol. The van der Waals surface area contributed by atoms with Crippen LogP contribution in [0, 0.1) is 6.92 Å². The van der Waals surface area contributed by atoms with Crippen molar-refractivity contribution in [3.8, 4) is 23.1 Å². The molecule has 3 aromatic rings. The normalized spacial score (nSPS) is 17.9. The molecule has 0 bridgehead atoms. The van der Waals surface area contributed by atoms with Crippen molar-refractivity contribution in [2.45, 2.75) is 39.7 Å². The average Bonchev–Trinajstić information content (AvgIpc) is 3.26. The van der Waals surface area contributed by atoms with E-state index in [1.165, 1.54) is 6.21 Å². The van der Waals surface area contributed by atoms with Crippen LogP contribution in [0.4, 0.5) is 4.79 Å². The van der Waals surface area contributed by atoms with Gasteiger partial charge in [0.2, 0.25) is 5.88 Å². The molecule has 1 aliphatic heterocycles. The summed E-state index contributed by atoms with van der Waals surface area (Å²) in [5.41, 5.74) is 0.987. The Hall–Kier alpha value is -4.14. The third-order valence-corrected chi connectivity index (χ3v) is 5.66. The van der Waals surface area contributed by atoms with Gasteiger partial charge < -0.3 is 14.8 Å². The number of para-hydroxylation sites is 1. The number of ether oxygens (including phenoxy) is 2. The van der Waals surface area contributed by atoms with Crippen LogP contribution in [0.25, 0.3) is 5.69 Å². The zero-order chi connectivity index (χ0) is 24.3. The molecule has 1 fully saturated rings. The number of nitrogens with zero attached hydrogens (tertiary/aromatic N) is 4. The van der Waals surface area contributed by atoms with Crippen LogP contribution in [-0.4, -0.2) is 45.1 Å². The lowest BCUT2D eigenvalue weighted by Gasteiger charge is -2.17. The van der Waals surface area contributed by atoms with Crippen molar-refractivity contribution >= 4 is 18.2 Å². The molecule has 3 amide bonds. The van der Waals surface area contributed by atoms with Crippen LogP contribution in [0.1, 0.15) is 38.4 Å². The molecule has 1 aromatic heterocycles. The first-order chi connectivity index (χ1) is 16.4. The third-order valence-electron chi connectivity index (χ3n) is 5.66. The lowest BCUT2D eigenvalue weighted by Crippen LogP contribution is -2.42. The van der Waals surface area contributed by atoms with Crippen LogP contribution in [0.2, 0.25) is 0 Å². The van der Waals surface area contributed by atoms with Gasteiger partial charge >= 0.3 is 6.03 Å². The minimum atomic E-state index is -0.973. The van der Waals surface area contributed by atoms with Crippen molar-refractivity contribution < 1.29 is 19.1 Å². The molecule has 1 atom stereocenters. The Bertz CT molecular complexity index is 1220. The van der Waals surface area contributed by atoms with E-state index in [-0.39, 0.29) is 0 Å². The zero-order valence-corrected chi connectivity index (χ0v) is 19.6. The Morgan fingerprint density at radius 1 is 1.06 bits per heavy atom. The van der Waals surface area contributed by atoms with E-state index in [0.717, 1.165) is 16.4 Å². The van der Waals surface area contributed by atoms with Gasteiger partial charge in [-0.15, -0.1) is 5.01 Å². The van der Waals surface area contributed by atoms with Crippen LogP contribution < -0.4 is 14.8 Å². The standard InChI is InChI=1S/C25H27N5O4/c1-5-25(4)23(31)30(24(32)27-25)26-16-21-17(3)28-29(18-10-8-7-9-11-18)22(21)34-20-14-12-19(13-15-20)33-6-2/h7-16H,5-6H2,1-4H3,(H,27,32)/b26-16+.